The molecule has 2 aromatic carbocycles. The van der Waals surface area contributed by atoms with E-state index in [0.29, 0.717) is 16.5 Å². The number of benzene rings is 2. The number of nitrogens with zero attached hydrogens (tertiary/aromatic N) is 1. The fourth-order valence-electron chi connectivity index (χ4n) is 1.87. The Morgan fingerprint density at radius 1 is 0.812 bits per heavy atom. The molecular formula is C13H9NO2. The highest BCUT2D eigenvalue weighted by Gasteiger charge is 2.04. The van der Waals surface area contributed by atoms with Crippen molar-refractivity contribution in [2.24, 2.45) is 5.16 Å². The Labute approximate surface area is 91.2 Å². The van der Waals surface area contributed by atoms with Crippen LogP contribution < -0.4 is 5.36 Å². The molecule has 0 spiro atoms. The minimum atomic E-state index is 0.553. The average molecular weight is 211 g/mol. The largest absolute Gasteiger partial charge is 0.456 e. The van der Waals surface area contributed by atoms with E-state index >= 15 is 0 Å². The molecule has 0 atom stereocenters. The predicted molar refractivity (Wildman–Crippen MR) is 61.1 cm³/mol. The standard InChI is InChI=1S/C13H9NO2/c15-14-13-9-5-1-3-7-11(9)16-12-8-4-2-6-10(12)13/h1-8,15H. The highest BCUT2D eigenvalue weighted by atomic mass is 16.4. The van der Waals surface area contributed by atoms with Gasteiger partial charge in [0.15, 0.2) is 0 Å². The lowest BCUT2D eigenvalue weighted by molar-refractivity contribution is 0.303. The van der Waals surface area contributed by atoms with E-state index in [0.717, 1.165) is 10.8 Å². The fraction of sp³-hybridized carbons (Fsp3) is 0. The van der Waals surface area contributed by atoms with E-state index in [4.69, 9.17) is 9.62 Å². The molecule has 0 radical (unpaired) electrons. The number of fused-ring (bicyclic) bond motifs is 2. The Hall–Kier alpha value is -2.29. The van der Waals surface area contributed by atoms with Gasteiger partial charge in [0.25, 0.3) is 0 Å². The van der Waals surface area contributed by atoms with Crippen LogP contribution in [0.15, 0.2) is 58.1 Å². The molecule has 0 saturated heterocycles. The van der Waals surface area contributed by atoms with Gasteiger partial charge in [-0.05, 0) is 24.3 Å². The average Bonchev–Trinajstić information content (AvgIpc) is 2.36. The van der Waals surface area contributed by atoms with Crippen molar-refractivity contribution in [1.82, 2.24) is 0 Å². The molecule has 0 bridgehead atoms. The Kier molecular flexibility index (Phi) is 1.90. The first-order chi connectivity index (χ1) is 7.90. The highest BCUT2D eigenvalue weighted by Crippen LogP contribution is 2.17. The van der Waals surface area contributed by atoms with E-state index in [9.17, 15) is 0 Å². The first kappa shape index (κ1) is 8.97. The molecule has 0 aliphatic carbocycles. The first-order valence-electron chi connectivity index (χ1n) is 4.99. The van der Waals surface area contributed by atoms with Crippen LogP contribution >= 0.6 is 0 Å². The molecule has 0 aliphatic heterocycles. The molecule has 0 fully saturated rings. The minimum Gasteiger partial charge on any atom is -0.456 e. The van der Waals surface area contributed by atoms with Crippen LogP contribution in [0.25, 0.3) is 21.9 Å². The molecule has 1 heterocycles. The summed E-state index contributed by atoms with van der Waals surface area (Å²) in [7, 11) is 0. The third kappa shape index (κ3) is 1.18. The zero-order valence-electron chi connectivity index (χ0n) is 8.42. The number of rotatable bonds is 0. The van der Waals surface area contributed by atoms with Crippen LogP contribution in [0.3, 0.4) is 0 Å². The second kappa shape index (κ2) is 3.38. The molecular weight excluding hydrogens is 202 g/mol. The summed E-state index contributed by atoms with van der Waals surface area (Å²) in [6, 6.07) is 15.0. The molecule has 78 valence electrons. The van der Waals surface area contributed by atoms with Gasteiger partial charge >= 0.3 is 0 Å². The lowest BCUT2D eigenvalue weighted by atomic mass is 10.1. The second-order valence-electron chi connectivity index (χ2n) is 3.54. The smallest absolute Gasteiger partial charge is 0.137 e. The van der Waals surface area contributed by atoms with Crippen molar-refractivity contribution in [2.75, 3.05) is 0 Å². The summed E-state index contributed by atoms with van der Waals surface area (Å²) < 4.78 is 5.72. The Balaban J connectivity index is 2.68. The van der Waals surface area contributed by atoms with Crippen LogP contribution in [0.4, 0.5) is 0 Å². The molecule has 0 unspecified atom stereocenters. The van der Waals surface area contributed by atoms with Gasteiger partial charge in [-0.2, -0.15) is 0 Å². The van der Waals surface area contributed by atoms with Gasteiger partial charge in [0.1, 0.15) is 16.5 Å². The summed E-state index contributed by atoms with van der Waals surface area (Å²) in [5, 5.41) is 14.7. The quantitative estimate of drug-likeness (QED) is 0.353. The van der Waals surface area contributed by atoms with Gasteiger partial charge in [-0.25, -0.2) is 0 Å². The van der Waals surface area contributed by atoms with E-state index in [-0.39, 0.29) is 0 Å². The van der Waals surface area contributed by atoms with E-state index in [1.807, 2.05) is 48.5 Å². The van der Waals surface area contributed by atoms with Crippen molar-refractivity contribution in [2.45, 2.75) is 0 Å². The van der Waals surface area contributed by atoms with E-state index < -0.39 is 0 Å². The van der Waals surface area contributed by atoms with E-state index in [2.05, 4.69) is 5.16 Å². The summed E-state index contributed by atoms with van der Waals surface area (Å²) in [6.07, 6.45) is 0. The molecule has 0 aliphatic rings. The Morgan fingerprint density at radius 2 is 1.31 bits per heavy atom. The Bertz CT molecular complexity index is 671. The molecule has 0 saturated carbocycles. The summed E-state index contributed by atoms with van der Waals surface area (Å²) in [5.74, 6) is 0. The van der Waals surface area contributed by atoms with Gasteiger partial charge in [-0.3, -0.25) is 0 Å². The predicted octanol–water partition coefficient (Wildman–Crippen LogP) is 2.88. The molecule has 3 heteroatoms. The van der Waals surface area contributed by atoms with Crippen molar-refractivity contribution in [3.8, 4) is 0 Å². The highest BCUT2D eigenvalue weighted by molar-refractivity contribution is 5.89. The monoisotopic (exact) mass is 211 g/mol. The van der Waals surface area contributed by atoms with Crippen LogP contribution in [-0.2, 0) is 0 Å². The zero-order chi connectivity index (χ0) is 11.0. The molecule has 16 heavy (non-hydrogen) atoms. The summed E-state index contributed by atoms with van der Waals surface area (Å²) in [5.41, 5.74) is 1.43. The van der Waals surface area contributed by atoms with Crippen LogP contribution in [0.2, 0.25) is 0 Å². The van der Waals surface area contributed by atoms with Gasteiger partial charge in [0.2, 0.25) is 0 Å². The van der Waals surface area contributed by atoms with Crippen molar-refractivity contribution in [3.05, 3.63) is 53.9 Å². The van der Waals surface area contributed by atoms with Crippen LogP contribution in [0.1, 0.15) is 0 Å². The Morgan fingerprint density at radius 3 is 1.81 bits per heavy atom. The van der Waals surface area contributed by atoms with Gasteiger partial charge in [0.05, 0.1) is 0 Å². The SMILES string of the molecule is ON=c1c2ccccc2oc2ccccc12. The van der Waals surface area contributed by atoms with Crippen LogP contribution in [-0.4, -0.2) is 5.21 Å². The molecule has 3 nitrogen and oxygen atoms in total. The molecule has 3 rings (SSSR count). The summed E-state index contributed by atoms with van der Waals surface area (Å²) in [6.45, 7) is 0. The van der Waals surface area contributed by atoms with Crippen molar-refractivity contribution in [1.29, 1.82) is 0 Å². The van der Waals surface area contributed by atoms with E-state index in [1.165, 1.54) is 0 Å². The maximum atomic E-state index is 9.12. The molecule has 1 N–H and O–H groups in total. The zero-order valence-corrected chi connectivity index (χ0v) is 8.42. The fourth-order valence-corrected chi connectivity index (χ4v) is 1.87. The third-order valence-corrected chi connectivity index (χ3v) is 2.60. The topological polar surface area (TPSA) is 45.7 Å². The maximum Gasteiger partial charge on any atom is 0.137 e. The van der Waals surface area contributed by atoms with Gasteiger partial charge in [0, 0.05) is 10.8 Å². The van der Waals surface area contributed by atoms with Crippen molar-refractivity contribution in [3.63, 3.8) is 0 Å². The molecule has 3 aromatic rings. The summed E-state index contributed by atoms with van der Waals surface area (Å²) >= 11 is 0. The number of hydrogen-bond donors (Lipinski definition) is 1. The lowest BCUT2D eigenvalue weighted by Crippen LogP contribution is -2.04. The number of para-hydroxylation sites is 2. The second-order valence-corrected chi connectivity index (χ2v) is 3.54. The summed E-state index contributed by atoms with van der Waals surface area (Å²) in [4.78, 5) is 0. The van der Waals surface area contributed by atoms with Gasteiger partial charge < -0.3 is 9.62 Å². The third-order valence-electron chi connectivity index (χ3n) is 2.60. The van der Waals surface area contributed by atoms with Crippen molar-refractivity contribution < 1.29 is 9.62 Å². The van der Waals surface area contributed by atoms with Crippen molar-refractivity contribution >= 4 is 21.9 Å². The van der Waals surface area contributed by atoms with Gasteiger partial charge in [-0.15, -0.1) is 0 Å². The van der Waals surface area contributed by atoms with Crippen LogP contribution in [0, 0.1) is 0 Å². The van der Waals surface area contributed by atoms with E-state index in [1.54, 1.807) is 0 Å². The van der Waals surface area contributed by atoms with Crippen LogP contribution in [0.5, 0.6) is 0 Å². The number of hydrogen-bond acceptors (Lipinski definition) is 3. The molecule has 1 aromatic heterocycles. The van der Waals surface area contributed by atoms with Gasteiger partial charge in [-0.1, -0.05) is 29.4 Å². The normalized spacial score (nSPS) is 10.8. The molecule has 0 amide bonds. The lowest BCUT2D eigenvalue weighted by Gasteiger charge is -2.01. The maximum absolute atomic E-state index is 9.12. The minimum absolute atomic E-state index is 0.553. The first-order valence-corrected chi connectivity index (χ1v) is 4.99.